The summed E-state index contributed by atoms with van der Waals surface area (Å²) in [6, 6.07) is 25.4. The van der Waals surface area contributed by atoms with Gasteiger partial charge in [0.1, 0.15) is 12.4 Å². The molecule has 134 valence electrons. The van der Waals surface area contributed by atoms with Crippen molar-refractivity contribution in [3.8, 4) is 16.9 Å². The first-order chi connectivity index (χ1) is 12.7. The van der Waals surface area contributed by atoms with E-state index in [2.05, 4.69) is 0 Å². The Labute approximate surface area is 154 Å². The molecule has 0 bridgehead atoms. The highest BCUT2D eigenvalue weighted by Crippen LogP contribution is 2.25. The Morgan fingerprint density at radius 1 is 0.808 bits per heavy atom. The largest absolute Gasteiger partial charge is 0.489 e. The fourth-order valence-corrected chi connectivity index (χ4v) is 2.54. The van der Waals surface area contributed by atoms with E-state index in [-0.39, 0.29) is 6.42 Å². The van der Waals surface area contributed by atoms with Crippen LogP contribution < -0.4 is 4.74 Å². The minimum Gasteiger partial charge on any atom is -0.489 e. The summed E-state index contributed by atoms with van der Waals surface area (Å²) in [5.74, 6) is -0.0351. The van der Waals surface area contributed by atoms with E-state index in [0.29, 0.717) is 6.61 Å². The van der Waals surface area contributed by atoms with E-state index in [4.69, 9.17) is 9.84 Å². The zero-order valence-corrected chi connectivity index (χ0v) is 15.2. The van der Waals surface area contributed by atoms with Crippen LogP contribution in [0, 0.1) is 0 Å². The maximum Gasteiger partial charge on any atom is 0.307 e. The van der Waals surface area contributed by atoms with Crippen LogP contribution in [-0.4, -0.2) is 11.1 Å². The molecule has 3 nitrogen and oxygen atoms in total. The van der Waals surface area contributed by atoms with Crippen LogP contribution in [0.3, 0.4) is 0 Å². The number of rotatable bonds is 6. The van der Waals surface area contributed by atoms with Gasteiger partial charge in [-0.25, -0.2) is 0 Å². The van der Waals surface area contributed by atoms with Crippen molar-refractivity contribution in [2.45, 2.75) is 26.9 Å². The van der Waals surface area contributed by atoms with Crippen LogP contribution in [-0.2, 0) is 17.8 Å². The van der Waals surface area contributed by atoms with E-state index in [1.54, 1.807) is 0 Å². The van der Waals surface area contributed by atoms with Gasteiger partial charge in [-0.2, -0.15) is 0 Å². The Balaban J connectivity index is 0.00000117. The first-order valence-electron chi connectivity index (χ1n) is 8.78. The minimum atomic E-state index is -0.827. The van der Waals surface area contributed by atoms with Crippen LogP contribution >= 0.6 is 0 Å². The van der Waals surface area contributed by atoms with Crippen molar-refractivity contribution in [2.24, 2.45) is 0 Å². The molecule has 3 aromatic carbocycles. The molecular formula is C23H24O3. The molecule has 0 saturated carbocycles. The Bertz CT molecular complexity index is 826. The Morgan fingerprint density at radius 3 is 2.12 bits per heavy atom. The molecule has 0 atom stereocenters. The second-order valence-electron chi connectivity index (χ2n) is 5.57. The van der Waals surface area contributed by atoms with Crippen molar-refractivity contribution in [3.63, 3.8) is 0 Å². The van der Waals surface area contributed by atoms with Crippen molar-refractivity contribution in [1.29, 1.82) is 0 Å². The molecule has 0 aliphatic heterocycles. The Hall–Kier alpha value is -3.07. The molecule has 1 N–H and O–H groups in total. The SMILES string of the molecule is CC.O=C(O)Cc1cccc(-c2cccc(OCc3ccccc3)c2)c1. The third-order valence-electron chi connectivity index (χ3n) is 3.70. The van der Waals surface area contributed by atoms with Gasteiger partial charge in [0.15, 0.2) is 0 Å². The number of hydrogen-bond donors (Lipinski definition) is 1. The smallest absolute Gasteiger partial charge is 0.307 e. The highest BCUT2D eigenvalue weighted by Gasteiger charge is 2.04. The van der Waals surface area contributed by atoms with Crippen molar-refractivity contribution in [3.05, 3.63) is 90.0 Å². The van der Waals surface area contributed by atoms with Gasteiger partial charge in [0.05, 0.1) is 6.42 Å². The number of carboxylic acid groups (broad SMARTS) is 1. The van der Waals surface area contributed by atoms with E-state index in [1.807, 2.05) is 92.7 Å². The maximum absolute atomic E-state index is 10.9. The number of ether oxygens (including phenoxy) is 1. The zero-order chi connectivity index (χ0) is 18.8. The third-order valence-corrected chi connectivity index (χ3v) is 3.70. The van der Waals surface area contributed by atoms with E-state index >= 15 is 0 Å². The molecule has 26 heavy (non-hydrogen) atoms. The fraction of sp³-hybridized carbons (Fsp3) is 0.174. The number of carbonyl (C=O) groups is 1. The van der Waals surface area contributed by atoms with Gasteiger partial charge >= 0.3 is 5.97 Å². The zero-order valence-electron chi connectivity index (χ0n) is 15.2. The summed E-state index contributed by atoms with van der Waals surface area (Å²) in [6.07, 6.45) is 0.0258. The van der Waals surface area contributed by atoms with Crippen LogP contribution in [0.15, 0.2) is 78.9 Å². The molecule has 0 radical (unpaired) electrons. The Kier molecular flexibility index (Phi) is 7.44. The lowest BCUT2D eigenvalue weighted by Crippen LogP contribution is -1.99. The van der Waals surface area contributed by atoms with E-state index in [0.717, 1.165) is 28.0 Å². The van der Waals surface area contributed by atoms with Crippen LogP contribution in [0.4, 0.5) is 0 Å². The van der Waals surface area contributed by atoms with Crippen molar-refractivity contribution in [1.82, 2.24) is 0 Å². The molecule has 3 rings (SSSR count). The number of benzene rings is 3. The lowest BCUT2D eigenvalue weighted by atomic mass is 10.0. The predicted molar refractivity (Wildman–Crippen MR) is 105 cm³/mol. The second-order valence-corrected chi connectivity index (χ2v) is 5.57. The molecule has 0 saturated heterocycles. The van der Waals surface area contributed by atoms with E-state index < -0.39 is 5.97 Å². The summed E-state index contributed by atoms with van der Waals surface area (Å²) in [7, 11) is 0. The maximum atomic E-state index is 10.9. The molecule has 0 fully saturated rings. The van der Waals surface area contributed by atoms with Crippen LogP contribution in [0.2, 0.25) is 0 Å². The summed E-state index contributed by atoms with van der Waals surface area (Å²) < 4.78 is 5.85. The molecule has 0 heterocycles. The summed E-state index contributed by atoms with van der Waals surface area (Å²) in [4.78, 5) is 10.9. The summed E-state index contributed by atoms with van der Waals surface area (Å²) in [5, 5.41) is 8.93. The molecule has 0 aromatic heterocycles. The molecule has 3 aromatic rings. The highest BCUT2D eigenvalue weighted by molar-refractivity contribution is 5.72. The molecule has 0 unspecified atom stereocenters. The fourth-order valence-electron chi connectivity index (χ4n) is 2.54. The molecule has 0 spiro atoms. The third kappa shape index (κ3) is 5.78. The molecule has 0 aliphatic carbocycles. The summed E-state index contributed by atoms with van der Waals surface area (Å²) in [6.45, 7) is 4.52. The average molecular weight is 348 g/mol. The lowest BCUT2D eigenvalue weighted by Gasteiger charge is -2.09. The molecule has 0 aliphatic rings. The number of carboxylic acids is 1. The van der Waals surface area contributed by atoms with Gasteiger partial charge in [-0.1, -0.05) is 80.6 Å². The summed E-state index contributed by atoms with van der Waals surface area (Å²) >= 11 is 0. The van der Waals surface area contributed by atoms with Gasteiger partial charge in [-0.15, -0.1) is 0 Å². The van der Waals surface area contributed by atoms with Crippen LogP contribution in [0.1, 0.15) is 25.0 Å². The Morgan fingerprint density at radius 2 is 1.42 bits per heavy atom. The van der Waals surface area contributed by atoms with Gasteiger partial charge in [0.2, 0.25) is 0 Å². The van der Waals surface area contributed by atoms with Crippen molar-refractivity contribution >= 4 is 5.97 Å². The average Bonchev–Trinajstić information content (AvgIpc) is 2.69. The van der Waals surface area contributed by atoms with Gasteiger partial charge in [-0.05, 0) is 34.4 Å². The van der Waals surface area contributed by atoms with E-state index in [9.17, 15) is 4.79 Å². The molecule has 0 amide bonds. The molecular weight excluding hydrogens is 324 g/mol. The molecule has 3 heteroatoms. The normalized spacial score (nSPS) is 9.77. The minimum absolute atomic E-state index is 0.0258. The van der Waals surface area contributed by atoms with Crippen molar-refractivity contribution in [2.75, 3.05) is 0 Å². The number of hydrogen-bond acceptors (Lipinski definition) is 2. The van der Waals surface area contributed by atoms with Crippen LogP contribution in [0.25, 0.3) is 11.1 Å². The van der Waals surface area contributed by atoms with E-state index in [1.165, 1.54) is 0 Å². The number of aliphatic carboxylic acids is 1. The second kappa shape index (κ2) is 10.0. The standard InChI is InChI=1S/C21H18O3.C2H6/c22-21(23)13-17-8-4-9-18(12-17)19-10-5-11-20(14-19)24-15-16-6-2-1-3-7-16;1-2/h1-12,14H,13,15H2,(H,22,23);1-2H3. The van der Waals surface area contributed by atoms with Gasteiger partial charge in [0.25, 0.3) is 0 Å². The van der Waals surface area contributed by atoms with Gasteiger partial charge < -0.3 is 9.84 Å². The lowest BCUT2D eigenvalue weighted by molar-refractivity contribution is -0.136. The topological polar surface area (TPSA) is 46.5 Å². The first-order valence-corrected chi connectivity index (χ1v) is 8.78. The van der Waals surface area contributed by atoms with Gasteiger partial charge in [0, 0.05) is 0 Å². The van der Waals surface area contributed by atoms with Crippen LogP contribution in [0.5, 0.6) is 5.75 Å². The van der Waals surface area contributed by atoms with Crippen molar-refractivity contribution < 1.29 is 14.6 Å². The highest BCUT2D eigenvalue weighted by atomic mass is 16.5. The quantitative estimate of drug-likeness (QED) is 0.632. The monoisotopic (exact) mass is 348 g/mol. The predicted octanol–water partition coefficient (Wildman–Crippen LogP) is 5.59. The first kappa shape index (κ1) is 19.3. The summed E-state index contributed by atoms with van der Waals surface area (Å²) in [5.41, 5.74) is 3.90. The van der Waals surface area contributed by atoms with Gasteiger partial charge in [-0.3, -0.25) is 4.79 Å².